The second-order valence-electron chi connectivity index (χ2n) is 3.87. The lowest BCUT2D eigenvalue weighted by molar-refractivity contribution is 1.11. The molecule has 0 aliphatic heterocycles. The van der Waals surface area contributed by atoms with Crippen LogP contribution in [0.5, 0.6) is 0 Å². The van der Waals surface area contributed by atoms with Gasteiger partial charge in [0.05, 0.1) is 12.5 Å². The summed E-state index contributed by atoms with van der Waals surface area (Å²) in [6.07, 6.45) is 6.36. The monoisotopic (exact) mass is 265 g/mol. The standard InChI is InChI=1S/C13H11N7/c1-2-15-12-11-13(18-8-17-11)20-10(19-12)4-3-9-7-14-5-6-16-9/h5-8H,2H2,1H3,(H2,15,17,18,19,20). The van der Waals surface area contributed by atoms with Crippen molar-refractivity contribution >= 4 is 17.0 Å². The first-order valence-corrected chi connectivity index (χ1v) is 6.10. The van der Waals surface area contributed by atoms with Gasteiger partial charge in [-0.25, -0.2) is 15.0 Å². The summed E-state index contributed by atoms with van der Waals surface area (Å²) in [5, 5.41) is 3.16. The first kappa shape index (κ1) is 12.0. The molecule has 0 spiro atoms. The van der Waals surface area contributed by atoms with Gasteiger partial charge in [-0.05, 0) is 18.8 Å². The zero-order chi connectivity index (χ0) is 13.8. The minimum absolute atomic E-state index is 0.395. The number of nitrogens with one attached hydrogen (secondary N) is 2. The van der Waals surface area contributed by atoms with Gasteiger partial charge in [0.15, 0.2) is 11.5 Å². The van der Waals surface area contributed by atoms with Gasteiger partial charge in [0.2, 0.25) is 5.82 Å². The zero-order valence-corrected chi connectivity index (χ0v) is 10.8. The molecule has 98 valence electrons. The molecule has 0 aliphatic carbocycles. The van der Waals surface area contributed by atoms with Crippen LogP contribution in [0.4, 0.5) is 5.82 Å². The van der Waals surface area contributed by atoms with Crippen molar-refractivity contribution in [3.63, 3.8) is 0 Å². The van der Waals surface area contributed by atoms with E-state index in [1.165, 1.54) is 0 Å². The van der Waals surface area contributed by atoms with Crippen LogP contribution in [-0.4, -0.2) is 36.4 Å². The normalized spacial score (nSPS) is 10.1. The Kier molecular flexibility index (Phi) is 3.20. The summed E-state index contributed by atoms with van der Waals surface area (Å²) in [5.74, 6) is 6.83. The van der Waals surface area contributed by atoms with Gasteiger partial charge in [0.25, 0.3) is 0 Å². The molecule has 0 bridgehead atoms. The van der Waals surface area contributed by atoms with E-state index in [1.807, 2.05) is 6.92 Å². The minimum Gasteiger partial charge on any atom is -0.368 e. The number of hydrogen-bond donors (Lipinski definition) is 2. The summed E-state index contributed by atoms with van der Waals surface area (Å²) in [6.45, 7) is 2.75. The Labute approximate surface area is 114 Å². The lowest BCUT2D eigenvalue weighted by Gasteiger charge is -2.02. The summed E-state index contributed by atoms with van der Waals surface area (Å²) in [5.41, 5.74) is 1.93. The summed E-state index contributed by atoms with van der Waals surface area (Å²) in [4.78, 5) is 23.8. The van der Waals surface area contributed by atoms with Crippen molar-refractivity contribution < 1.29 is 0 Å². The lowest BCUT2D eigenvalue weighted by Crippen LogP contribution is -2.03. The third-order valence-corrected chi connectivity index (χ3v) is 2.50. The van der Waals surface area contributed by atoms with Crippen LogP contribution in [0.3, 0.4) is 0 Å². The fourth-order valence-electron chi connectivity index (χ4n) is 1.67. The maximum Gasteiger partial charge on any atom is 0.209 e. The van der Waals surface area contributed by atoms with E-state index in [0.29, 0.717) is 23.0 Å². The van der Waals surface area contributed by atoms with Crippen molar-refractivity contribution in [2.45, 2.75) is 6.92 Å². The molecular formula is C13H11N7. The van der Waals surface area contributed by atoms with E-state index in [2.05, 4.69) is 47.1 Å². The van der Waals surface area contributed by atoms with E-state index < -0.39 is 0 Å². The molecule has 0 saturated heterocycles. The molecule has 3 heterocycles. The molecule has 0 radical (unpaired) electrons. The van der Waals surface area contributed by atoms with Crippen LogP contribution in [0, 0.1) is 11.8 Å². The molecule has 2 N–H and O–H groups in total. The quantitative estimate of drug-likeness (QED) is 0.671. The second kappa shape index (κ2) is 5.32. The van der Waals surface area contributed by atoms with Crippen molar-refractivity contribution in [3.8, 4) is 11.8 Å². The number of nitrogens with zero attached hydrogens (tertiary/aromatic N) is 5. The highest BCUT2D eigenvalue weighted by atomic mass is 15.1. The number of aromatic amines is 1. The average Bonchev–Trinajstić information content (AvgIpc) is 2.95. The fourth-order valence-corrected chi connectivity index (χ4v) is 1.67. The van der Waals surface area contributed by atoms with Gasteiger partial charge in [-0.2, -0.15) is 4.98 Å². The molecule has 0 aliphatic rings. The van der Waals surface area contributed by atoms with E-state index in [0.717, 1.165) is 12.1 Å². The molecule has 0 fully saturated rings. The molecule has 0 saturated carbocycles. The van der Waals surface area contributed by atoms with Crippen LogP contribution < -0.4 is 5.32 Å². The molecule has 3 rings (SSSR count). The summed E-state index contributed by atoms with van der Waals surface area (Å²) >= 11 is 0. The van der Waals surface area contributed by atoms with Crippen molar-refractivity contribution in [2.24, 2.45) is 0 Å². The number of aromatic nitrogens is 6. The second-order valence-corrected chi connectivity index (χ2v) is 3.87. The SMILES string of the molecule is CCNc1nc(C#Cc2cnccn2)nc2nc[nH]c12. The Hall–Kier alpha value is -3.01. The van der Waals surface area contributed by atoms with Crippen molar-refractivity contribution in [3.05, 3.63) is 36.4 Å². The van der Waals surface area contributed by atoms with Gasteiger partial charge in [-0.3, -0.25) is 4.98 Å². The van der Waals surface area contributed by atoms with E-state index in [-0.39, 0.29) is 0 Å². The number of imidazole rings is 1. The van der Waals surface area contributed by atoms with Crippen LogP contribution in [-0.2, 0) is 0 Å². The van der Waals surface area contributed by atoms with E-state index in [4.69, 9.17) is 0 Å². The van der Waals surface area contributed by atoms with Crippen LogP contribution in [0.1, 0.15) is 18.4 Å². The maximum absolute atomic E-state index is 4.36. The van der Waals surface area contributed by atoms with E-state index >= 15 is 0 Å². The van der Waals surface area contributed by atoms with Crippen LogP contribution >= 0.6 is 0 Å². The van der Waals surface area contributed by atoms with Gasteiger partial charge in [-0.15, -0.1) is 0 Å². The highest BCUT2D eigenvalue weighted by molar-refractivity contribution is 5.82. The summed E-state index contributed by atoms with van der Waals surface area (Å²) in [6, 6.07) is 0. The molecule has 0 atom stereocenters. The highest BCUT2D eigenvalue weighted by Gasteiger charge is 2.07. The average molecular weight is 265 g/mol. The molecule has 7 nitrogen and oxygen atoms in total. The first-order valence-electron chi connectivity index (χ1n) is 6.10. The molecule has 3 aromatic heterocycles. The summed E-state index contributed by atoms with van der Waals surface area (Å²) in [7, 11) is 0. The molecule has 7 heteroatoms. The van der Waals surface area contributed by atoms with Gasteiger partial charge in [-0.1, -0.05) is 0 Å². The Balaban J connectivity index is 2.02. The molecule has 0 aromatic carbocycles. The Morgan fingerprint density at radius 2 is 2.15 bits per heavy atom. The molecule has 0 unspecified atom stereocenters. The van der Waals surface area contributed by atoms with Gasteiger partial charge in [0.1, 0.15) is 11.2 Å². The fraction of sp³-hybridized carbons (Fsp3) is 0.154. The largest absolute Gasteiger partial charge is 0.368 e. The van der Waals surface area contributed by atoms with Gasteiger partial charge >= 0.3 is 0 Å². The van der Waals surface area contributed by atoms with Crippen LogP contribution in [0.25, 0.3) is 11.2 Å². The van der Waals surface area contributed by atoms with Crippen molar-refractivity contribution in [2.75, 3.05) is 11.9 Å². The zero-order valence-electron chi connectivity index (χ0n) is 10.8. The predicted octanol–water partition coefficient (Wildman–Crippen LogP) is 0.974. The third-order valence-electron chi connectivity index (χ3n) is 2.50. The van der Waals surface area contributed by atoms with E-state index in [1.54, 1.807) is 24.9 Å². The number of rotatable bonds is 2. The molecular weight excluding hydrogens is 254 g/mol. The van der Waals surface area contributed by atoms with Gasteiger partial charge in [0, 0.05) is 18.9 Å². The summed E-state index contributed by atoms with van der Waals surface area (Å²) < 4.78 is 0. The lowest BCUT2D eigenvalue weighted by atomic mass is 10.4. The van der Waals surface area contributed by atoms with E-state index in [9.17, 15) is 0 Å². The molecule has 0 amide bonds. The number of anilines is 1. The maximum atomic E-state index is 4.36. The Bertz CT molecular complexity index is 783. The minimum atomic E-state index is 0.395. The first-order chi connectivity index (χ1) is 9.86. The molecule has 20 heavy (non-hydrogen) atoms. The molecule has 3 aromatic rings. The Morgan fingerprint density at radius 1 is 1.20 bits per heavy atom. The smallest absolute Gasteiger partial charge is 0.209 e. The number of H-pyrrole nitrogens is 1. The highest BCUT2D eigenvalue weighted by Crippen LogP contribution is 2.15. The topological polar surface area (TPSA) is 92.3 Å². The predicted molar refractivity (Wildman–Crippen MR) is 73.9 cm³/mol. The van der Waals surface area contributed by atoms with Crippen molar-refractivity contribution in [1.82, 2.24) is 29.9 Å². The van der Waals surface area contributed by atoms with Crippen LogP contribution in [0.2, 0.25) is 0 Å². The van der Waals surface area contributed by atoms with Crippen molar-refractivity contribution in [1.29, 1.82) is 0 Å². The Morgan fingerprint density at radius 3 is 2.95 bits per heavy atom. The van der Waals surface area contributed by atoms with Gasteiger partial charge < -0.3 is 10.3 Å². The number of fused-ring (bicyclic) bond motifs is 1. The number of hydrogen-bond acceptors (Lipinski definition) is 6. The third kappa shape index (κ3) is 2.40. The van der Waals surface area contributed by atoms with Crippen LogP contribution in [0.15, 0.2) is 24.9 Å².